The molecule has 5 nitrogen and oxygen atoms in total. The maximum absolute atomic E-state index is 12.3. The molecule has 2 fully saturated rings. The first-order valence-electron chi connectivity index (χ1n) is 8.17. The molecule has 120 valence electrons. The van der Waals surface area contributed by atoms with E-state index in [0.29, 0.717) is 17.6 Å². The Morgan fingerprint density at radius 3 is 3.14 bits per heavy atom. The van der Waals surface area contributed by atoms with Crippen molar-refractivity contribution < 1.29 is 14.3 Å². The lowest BCUT2D eigenvalue weighted by atomic mass is 9.88. The molecule has 2 atom stereocenters. The van der Waals surface area contributed by atoms with Crippen LogP contribution < -0.4 is 4.90 Å². The predicted octanol–water partition coefficient (Wildman–Crippen LogP) is 2.65. The predicted molar refractivity (Wildman–Crippen MR) is 84.1 cm³/mol. The van der Waals surface area contributed by atoms with Crippen LogP contribution >= 0.6 is 0 Å². The molecule has 0 N–H and O–H groups in total. The first kappa shape index (κ1) is 15.3. The topological polar surface area (TPSA) is 51.7 Å². The highest BCUT2D eigenvalue weighted by atomic mass is 16.5. The molecule has 0 bridgehead atoms. The maximum atomic E-state index is 12.3. The number of aromatic nitrogens is 1. The van der Waals surface area contributed by atoms with Crippen molar-refractivity contribution in [2.45, 2.75) is 45.3 Å². The third-order valence-corrected chi connectivity index (χ3v) is 4.36. The number of esters is 1. The molecule has 1 aromatic rings. The van der Waals surface area contributed by atoms with E-state index in [9.17, 15) is 4.79 Å². The van der Waals surface area contributed by atoms with Gasteiger partial charge in [0.15, 0.2) is 0 Å². The second-order valence-corrected chi connectivity index (χ2v) is 6.37. The zero-order valence-corrected chi connectivity index (χ0v) is 13.3. The van der Waals surface area contributed by atoms with Gasteiger partial charge < -0.3 is 14.4 Å². The monoisotopic (exact) mass is 304 g/mol. The Balaban J connectivity index is 1.78. The third-order valence-electron chi connectivity index (χ3n) is 4.36. The van der Waals surface area contributed by atoms with Crippen molar-refractivity contribution in [3.8, 4) is 0 Å². The molecule has 2 aliphatic heterocycles. The van der Waals surface area contributed by atoms with E-state index in [-0.39, 0.29) is 12.1 Å². The lowest BCUT2D eigenvalue weighted by Gasteiger charge is -2.41. The Labute approximate surface area is 131 Å². The highest BCUT2D eigenvalue weighted by Crippen LogP contribution is 2.31. The zero-order valence-electron chi connectivity index (χ0n) is 13.3. The largest absolute Gasteiger partial charge is 0.459 e. The van der Waals surface area contributed by atoms with Gasteiger partial charge in [0.05, 0.1) is 12.2 Å². The zero-order chi connectivity index (χ0) is 15.5. The molecular weight excluding hydrogens is 280 g/mol. The van der Waals surface area contributed by atoms with Crippen LogP contribution in [-0.4, -0.2) is 42.9 Å². The summed E-state index contributed by atoms with van der Waals surface area (Å²) in [6, 6.07) is 3.59. The van der Waals surface area contributed by atoms with E-state index in [0.717, 1.165) is 38.4 Å². The molecule has 5 heteroatoms. The van der Waals surface area contributed by atoms with E-state index in [1.54, 1.807) is 18.3 Å². The lowest BCUT2D eigenvalue weighted by Crippen LogP contribution is -2.47. The quantitative estimate of drug-likeness (QED) is 0.804. The Morgan fingerprint density at radius 2 is 2.32 bits per heavy atom. The van der Waals surface area contributed by atoms with Gasteiger partial charge in [-0.15, -0.1) is 0 Å². The molecule has 0 spiro atoms. The Kier molecular flexibility index (Phi) is 4.62. The van der Waals surface area contributed by atoms with Crippen molar-refractivity contribution in [1.82, 2.24) is 4.98 Å². The average Bonchev–Trinajstić information content (AvgIpc) is 2.54. The van der Waals surface area contributed by atoms with Gasteiger partial charge in [-0.2, -0.15) is 0 Å². The number of carbonyl (C=O) groups excluding carboxylic acids is 1. The molecule has 0 unspecified atom stereocenters. The van der Waals surface area contributed by atoms with Gasteiger partial charge >= 0.3 is 5.97 Å². The third kappa shape index (κ3) is 3.24. The average molecular weight is 304 g/mol. The number of ether oxygens (including phenoxy) is 2. The molecule has 3 heterocycles. The molecule has 0 amide bonds. The fourth-order valence-corrected chi connectivity index (χ4v) is 3.37. The lowest BCUT2D eigenvalue weighted by molar-refractivity contribution is -0.0358. The molecule has 2 saturated heterocycles. The summed E-state index contributed by atoms with van der Waals surface area (Å²) in [7, 11) is 0. The van der Waals surface area contributed by atoms with Crippen LogP contribution in [0.1, 0.15) is 43.5 Å². The summed E-state index contributed by atoms with van der Waals surface area (Å²) in [4.78, 5) is 19.0. The van der Waals surface area contributed by atoms with Gasteiger partial charge in [-0.05, 0) is 45.2 Å². The second kappa shape index (κ2) is 6.65. The number of fused-ring (bicyclic) bond motifs is 1. The molecular formula is C17H24N2O3. The van der Waals surface area contributed by atoms with Gasteiger partial charge in [-0.3, -0.25) is 0 Å². The molecule has 0 aromatic carbocycles. The number of piperidine rings is 1. The SMILES string of the molecule is CC(C)OC(=O)c1cccnc1N1CC[C@H]2OCCC[C@H]2C1. The standard InChI is InChI=1S/C17H24N2O3/c1-12(2)22-17(20)14-6-3-8-18-16(14)19-9-7-15-13(11-19)5-4-10-21-15/h3,6,8,12-13,15H,4-5,7,9-11H2,1-2H3/t13-,15+/m0/s1. The highest BCUT2D eigenvalue weighted by molar-refractivity contribution is 5.94. The van der Waals surface area contributed by atoms with E-state index < -0.39 is 0 Å². The van der Waals surface area contributed by atoms with Crippen molar-refractivity contribution in [1.29, 1.82) is 0 Å². The van der Waals surface area contributed by atoms with E-state index in [1.807, 2.05) is 13.8 Å². The number of rotatable bonds is 3. The Morgan fingerprint density at radius 1 is 1.45 bits per heavy atom. The number of anilines is 1. The molecule has 2 aliphatic rings. The van der Waals surface area contributed by atoms with Crippen LogP contribution in [0.15, 0.2) is 18.3 Å². The molecule has 3 rings (SSSR count). The molecule has 0 saturated carbocycles. The van der Waals surface area contributed by atoms with Gasteiger partial charge in [0.1, 0.15) is 11.4 Å². The molecule has 0 aliphatic carbocycles. The van der Waals surface area contributed by atoms with Gasteiger partial charge in [0, 0.05) is 31.8 Å². The van der Waals surface area contributed by atoms with Crippen LogP contribution in [0.5, 0.6) is 0 Å². The smallest absolute Gasteiger partial charge is 0.342 e. The number of nitrogens with zero attached hydrogens (tertiary/aromatic N) is 2. The van der Waals surface area contributed by atoms with Gasteiger partial charge in [-0.1, -0.05) is 0 Å². The van der Waals surface area contributed by atoms with Gasteiger partial charge in [0.2, 0.25) is 0 Å². The summed E-state index contributed by atoms with van der Waals surface area (Å²) in [6.45, 7) is 6.39. The van der Waals surface area contributed by atoms with E-state index in [4.69, 9.17) is 9.47 Å². The minimum Gasteiger partial charge on any atom is -0.459 e. The summed E-state index contributed by atoms with van der Waals surface area (Å²) in [5, 5.41) is 0. The fraction of sp³-hybridized carbons (Fsp3) is 0.647. The Bertz CT molecular complexity index is 532. The van der Waals surface area contributed by atoms with Crippen LogP contribution in [0.4, 0.5) is 5.82 Å². The maximum Gasteiger partial charge on any atom is 0.342 e. The minimum absolute atomic E-state index is 0.127. The second-order valence-electron chi connectivity index (χ2n) is 6.37. The van der Waals surface area contributed by atoms with Gasteiger partial charge in [0.25, 0.3) is 0 Å². The number of carbonyl (C=O) groups is 1. The summed E-state index contributed by atoms with van der Waals surface area (Å²) >= 11 is 0. The van der Waals surface area contributed by atoms with Crippen LogP contribution in [0.25, 0.3) is 0 Å². The van der Waals surface area contributed by atoms with Crippen LogP contribution in [0.2, 0.25) is 0 Å². The van der Waals surface area contributed by atoms with Crippen molar-refractivity contribution in [3.63, 3.8) is 0 Å². The highest BCUT2D eigenvalue weighted by Gasteiger charge is 2.33. The van der Waals surface area contributed by atoms with Crippen LogP contribution in [-0.2, 0) is 9.47 Å². The number of hydrogen-bond acceptors (Lipinski definition) is 5. The van der Waals surface area contributed by atoms with E-state index in [1.165, 1.54) is 6.42 Å². The van der Waals surface area contributed by atoms with Gasteiger partial charge in [-0.25, -0.2) is 9.78 Å². The summed E-state index contributed by atoms with van der Waals surface area (Å²) < 4.78 is 11.2. The van der Waals surface area contributed by atoms with Crippen LogP contribution in [0.3, 0.4) is 0 Å². The minimum atomic E-state index is -0.292. The van der Waals surface area contributed by atoms with Crippen molar-refractivity contribution in [2.75, 3.05) is 24.6 Å². The first-order valence-corrected chi connectivity index (χ1v) is 8.17. The summed E-state index contributed by atoms with van der Waals surface area (Å²) in [5.74, 6) is 0.996. The fourth-order valence-electron chi connectivity index (χ4n) is 3.37. The number of pyridine rings is 1. The van der Waals surface area contributed by atoms with Crippen LogP contribution in [0, 0.1) is 5.92 Å². The molecule has 22 heavy (non-hydrogen) atoms. The summed E-state index contributed by atoms with van der Waals surface area (Å²) in [6.07, 6.45) is 5.31. The Hall–Kier alpha value is -1.62. The van der Waals surface area contributed by atoms with E-state index in [2.05, 4.69) is 9.88 Å². The van der Waals surface area contributed by atoms with Crippen molar-refractivity contribution in [2.24, 2.45) is 5.92 Å². The normalized spacial score (nSPS) is 25.0. The van der Waals surface area contributed by atoms with E-state index >= 15 is 0 Å². The van der Waals surface area contributed by atoms with Crippen molar-refractivity contribution in [3.05, 3.63) is 23.9 Å². The summed E-state index contributed by atoms with van der Waals surface area (Å²) in [5.41, 5.74) is 0.561. The number of hydrogen-bond donors (Lipinski definition) is 0. The first-order chi connectivity index (χ1) is 10.6. The molecule has 1 aromatic heterocycles. The molecule has 0 radical (unpaired) electrons. The van der Waals surface area contributed by atoms with Crippen molar-refractivity contribution >= 4 is 11.8 Å².